The van der Waals surface area contributed by atoms with Crippen LogP contribution in [0.2, 0.25) is 0 Å². The maximum atomic E-state index is 12.6. The molecule has 2 heterocycles. The largest absolute Gasteiger partial charge is 0.416 e. The van der Waals surface area contributed by atoms with Gasteiger partial charge >= 0.3 is 6.18 Å². The fourth-order valence-corrected chi connectivity index (χ4v) is 3.98. The summed E-state index contributed by atoms with van der Waals surface area (Å²) in [5, 5.41) is 16.6. The fraction of sp³-hybridized carbons (Fsp3) is 0.611. The van der Waals surface area contributed by atoms with E-state index in [0.717, 1.165) is 31.5 Å². The highest BCUT2D eigenvalue weighted by Crippen LogP contribution is 2.31. The number of amides is 1. The van der Waals surface area contributed by atoms with Gasteiger partial charge in [0.05, 0.1) is 17.1 Å². The first-order valence-electron chi connectivity index (χ1n) is 9.02. The van der Waals surface area contributed by atoms with E-state index in [9.17, 15) is 23.1 Å². The Morgan fingerprint density at radius 2 is 1.89 bits per heavy atom. The molecule has 0 aliphatic carbocycles. The molecule has 3 rings (SSSR count). The van der Waals surface area contributed by atoms with Crippen molar-refractivity contribution in [1.29, 1.82) is 0 Å². The molecule has 0 saturated carbocycles. The number of likely N-dealkylation sites (tertiary alicyclic amines) is 1. The van der Waals surface area contributed by atoms with Gasteiger partial charge in [0.1, 0.15) is 5.60 Å². The van der Waals surface area contributed by atoms with E-state index in [1.165, 1.54) is 12.1 Å². The zero-order chi connectivity index (χ0) is 19.7. The minimum Gasteiger partial charge on any atom is -0.380 e. The Bertz CT molecular complexity index is 661. The third-order valence-corrected chi connectivity index (χ3v) is 5.72. The van der Waals surface area contributed by atoms with Crippen LogP contribution in [0.3, 0.4) is 0 Å². The number of rotatable bonds is 3. The molecular weight excluding hydrogens is 383 g/mol. The Hall–Kier alpha value is -1.35. The number of nitrogens with one attached hydrogen (secondary N) is 2. The second kappa shape index (κ2) is 7.95. The lowest BCUT2D eigenvalue weighted by molar-refractivity contribution is -0.140. The third-order valence-electron chi connectivity index (χ3n) is 5.26. The molecule has 2 aliphatic heterocycles. The Balaban J connectivity index is 1.57. The van der Waals surface area contributed by atoms with Gasteiger partial charge in [-0.2, -0.15) is 13.2 Å². The lowest BCUT2D eigenvalue weighted by atomic mass is 9.89. The van der Waals surface area contributed by atoms with Crippen molar-refractivity contribution in [1.82, 2.24) is 10.2 Å². The number of anilines is 1. The van der Waals surface area contributed by atoms with Crippen LogP contribution >= 0.6 is 11.6 Å². The summed E-state index contributed by atoms with van der Waals surface area (Å²) in [5.41, 5.74) is -2.11. The number of aliphatic hydroxyl groups is 1. The first-order valence-corrected chi connectivity index (χ1v) is 9.45. The molecule has 1 aromatic carbocycles. The van der Waals surface area contributed by atoms with Crippen LogP contribution in [-0.2, 0) is 11.0 Å². The highest BCUT2D eigenvalue weighted by atomic mass is 35.5. The quantitative estimate of drug-likeness (QED) is 0.677. The summed E-state index contributed by atoms with van der Waals surface area (Å²) in [6, 6.07) is 4.17. The van der Waals surface area contributed by atoms with Gasteiger partial charge in [0.15, 0.2) is 0 Å². The topological polar surface area (TPSA) is 64.6 Å². The highest BCUT2D eigenvalue weighted by Gasteiger charge is 2.42. The van der Waals surface area contributed by atoms with Gasteiger partial charge in [0, 0.05) is 18.8 Å². The number of carbonyl (C=O) groups is 1. The van der Waals surface area contributed by atoms with Crippen LogP contribution in [0.1, 0.15) is 31.2 Å². The molecule has 0 bridgehead atoms. The van der Waals surface area contributed by atoms with Crippen molar-refractivity contribution in [2.45, 2.75) is 49.0 Å². The number of carbonyl (C=O) groups excluding carboxylic acids is 1. The van der Waals surface area contributed by atoms with Crippen molar-refractivity contribution < 1.29 is 23.1 Å². The predicted molar refractivity (Wildman–Crippen MR) is 96.5 cm³/mol. The Morgan fingerprint density at radius 1 is 1.26 bits per heavy atom. The van der Waals surface area contributed by atoms with Crippen LogP contribution < -0.4 is 10.6 Å². The average molecular weight is 406 g/mol. The van der Waals surface area contributed by atoms with Crippen molar-refractivity contribution in [3.05, 3.63) is 29.8 Å². The maximum absolute atomic E-state index is 12.6. The molecule has 2 fully saturated rings. The molecule has 1 amide bonds. The van der Waals surface area contributed by atoms with E-state index in [4.69, 9.17) is 11.6 Å². The first-order chi connectivity index (χ1) is 12.7. The van der Waals surface area contributed by atoms with E-state index in [1.807, 2.05) is 0 Å². The van der Waals surface area contributed by atoms with Gasteiger partial charge in [-0.25, -0.2) is 0 Å². The number of nitrogens with zero attached hydrogens (tertiary/aromatic N) is 1. The molecule has 150 valence electrons. The molecule has 9 heteroatoms. The summed E-state index contributed by atoms with van der Waals surface area (Å²) in [4.78, 5) is 14.6. The molecule has 0 radical (unpaired) electrons. The zero-order valence-corrected chi connectivity index (χ0v) is 15.5. The van der Waals surface area contributed by atoms with Gasteiger partial charge in [-0.05, 0) is 56.5 Å². The van der Waals surface area contributed by atoms with Crippen molar-refractivity contribution in [3.8, 4) is 0 Å². The normalized spacial score (nSPS) is 26.6. The van der Waals surface area contributed by atoms with Crippen LogP contribution in [-0.4, -0.2) is 52.7 Å². The third kappa shape index (κ3) is 4.74. The predicted octanol–water partition coefficient (Wildman–Crippen LogP) is 2.79. The number of piperidine rings is 2. The summed E-state index contributed by atoms with van der Waals surface area (Å²) in [5.74, 6) is -0.596. The molecule has 0 aromatic heterocycles. The standard InChI is InChI=1S/C18H23ClF3N3O2/c19-14-2-1-9-23-15(14)25-10-7-17(27,8-11-25)16(26)24-13-5-3-12(4-6-13)18(20,21)22/h3-6,14-15,23,27H,1-2,7-11H2,(H,24,26). The monoisotopic (exact) mass is 405 g/mol. The minimum atomic E-state index is -4.43. The van der Waals surface area contributed by atoms with Crippen molar-refractivity contribution in [2.75, 3.05) is 25.0 Å². The van der Waals surface area contributed by atoms with Crippen molar-refractivity contribution >= 4 is 23.2 Å². The minimum absolute atomic E-state index is 0.00841. The van der Waals surface area contributed by atoms with Crippen LogP contribution in [0, 0.1) is 0 Å². The lowest BCUT2D eigenvalue weighted by Crippen LogP contribution is -2.60. The first kappa shape index (κ1) is 20.4. The molecular formula is C18H23ClF3N3O2. The average Bonchev–Trinajstić information content (AvgIpc) is 2.63. The zero-order valence-electron chi connectivity index (χ0n) is 14.7. The Kier molecular flexibility index (Phi) is 6.00. The van der Waals surface area contributed by atoms with Crippen LogP contribution in [0.25, 0.3) is 0 Å². The molecule has 27 heavy (non-hydrogen) atoms. The maximum Gasteiger partial charge on any atom is 0.416 e. The van der Waals surface area contributed by atoms with Crippen molar-refractivity contribution in [3.63, 3.8) is 0 Å². The second-order valence-electron chi connectivity index (χ2n) is 7.15. The molecule has 0 spiro atoms. The van der Waals surface area contributed by atoms with E-state index in [2.05, 4.69) is 15.5 Å². The van der Waals surface area contributed by atoms with Gasteiger partial charge in [-0.15, -0.1) is 11.6 Å². The van der Waals surface area contributed by atoms with E-state index in [-0.39, 0.29) is 30.1 Å². The number of hydrogen-bond acceptors (Lipinski definition) is 4. The molecule has 2 aliphatic rings. The molecule has 2 unspecified atom stereocenters. The number of halogens is 4. The molecule has 1 aromatic rings. The van der Waals surface area contributed by atoms with E-state index in [1.54, 1.807) is 0 Å². The smallest absolute Gasteiger partial charge is 0.380 e. The van der Waals surface area contributed by atoms with Crippen molar-refractivity contribution in [2.24, 2.45) is 0 Å². The fourth-order valence-electron chi connectivity index (χ4n) is 3.58. The van der Waals surface area contributed by atoms with Crippen LogP contribution in [0.15, 0.2) is 24.3 Å². The Labute approximate surface area is 160 Å². The number of benzene rings is 1. The van der Waals surface area contributed by atoms with Crippen LogP contribution in [0.5, 0.6) is 0 Å². The van der Waals surface area contributed by atoms with E-state index in [0.29, 0.717) is 13.1 Å². The Morgan fingerprint density at radius 3 is 2.44 bits per heavy atom. The van der Waals surface area contributed by atoms with Gasteiger partial charge in [0.25, 0.3) is 5.91 Å². The lowest BCUT2D eigenvalue weighted by Gasteiger charge is -2.43. The van der Waals surface area contributed by atoms with Gasteiger partial charge in [-0.3, -0.25) is 9.69 Å². The summed E-state index contributed by atoms with van der Waals surface area (Å²) >= 11 is 6.38. The van der Waals surface area contributed by atoms with E-state index < -0.39 is 23.2 Å². The van der Waals surface area contributed by atoms with Gasteiger partial charge in [0.2, 0.25) is 0 Å². The summed E-state index contributed by atoms with van der Waals surface area (Å²) in [7, 11) is 0. The molecule has 2 atom stereocenters. The van der Waals surface area contributed by atoms with Gasteiger partial charge < -0.3 is 15.7 Å². The number of hydrogen-bond donors (Lipinski definition) is 3. The molecule has 2 saturated heterocycles. The summed E-state index contributed by atoms with van der Waals surface area (Å²) in [6.45, 7) is 1.92. The van der Waals surface area contributed by atoms with Crippen LogP contribution in [0.4, 0.5) is 18.9 Å². The molecule has 5 nitrogen and oxygen atoms in total. The highest BCUT2D eigenvalue weighted by molar-refractivity contribution is 6.21. The SMILES string of the molecule is O=C(Nc1ccc(C(F)(F)F)cc1)C1(O)CCN(C2NCCCC2Cl)CC1. The van der Waals surface area contributed by atoms with Gasteiger partial charge in [-0.1, -0.05) is 0 Å². The summed E-state index contributed by atoms with van der Waals surface area (Å²) < 4.78 is 37.8. The molecule has 3 N–H and O–H groups in total. The number of alkyl halides is 4. The van der Waals surface area contributed by atoms with E-state index >= 15 is 0 Å². The second-order valence-corrected chi connectivity index (χ2v) is 7.71. The summed E-state index contributed by atoms with van der Waals surface area (Å²) in [6.07, 6.45) is -1.97.